The molecule has 4 rings (SSSR count). The minimum absolute atomic E-state index is 0.730. The zero-order valence-electron chi connectivity index (χ0n) is 13.9. The number of hydrogen-bond donors (Lipinski definition) is 1. The summed E-state index contributed by atoms with van der Waals surface area (Å²) in [4.78, 5) is 0. The van der Waals surface area contributed by atoms with E-state index in [9.17, 15) is 0 Å². The lowest BCUT2D eigenvalue weighted by molar-refractivity contribution is 0.368. The van der Waals surface area contributed by atoms with Crippen LogP contribution in [0, 0.1) is 5.92 Å². The van der Waals surface area contributed by atoms with Crippen LogP contribution in [-0.4, -0.2) is 22.9 Å². The molecular weight excluding hydrogens is 294 g/mol. The van der Waals surface area contributed by atoms with Crippen LogP contribution in [0.5, 0.6) is 0 Å². The molecule has 1 aromatic heterocycles. The molecule has 0 saturated carbocycles. The van der Waals surface area contributed by atoms with Crippen LogP contribution in [0.1, 0.15) is 18.5 Å². The van der Waals surface area contributed by atoms with E-state index in [0.29, 0.717) is 0 Å². The van der Waals surface area contributed by atoms with Gasteiger partial charge in [0.15, 0.2) is 0 Å². The first-order chi connectivity index (χ1) is 11.9. The van der Waals surface area contributed by atoms with Crippen LogP contribution in [0.25, 0.3) is 16.8 Å². The Bertz CT molecular complexity index is 714. The van der Waals surface area contributed by atoms with Crippen LogP contribution in [0.4, 0.5) is 0 Å². The second kappa shape index (κ2) is 7.02. The summed E-state index contributed by atoms with van der Waals surface area (Å²) in [7, 11) is 0. The zero-order chi connectivity index (χ0) is 16.2. The Morgan fingerprint density at radius 1 is 0.917 bits per heavy atom. The Hall–Kier alpha value is -2.39. The number of para-hydroxylation sites is 1. The van der Waals surface area contributed by atoms with Crippen molar-refractivity contribution in [3.05, 3.63) is 72.6 Å². The van der Waals surface area contributed by atoms with Gasteiger partial charge in [-0.1, -0.05) is 48.5 Å². The maximum Gasteiger partial charge on any atom is 0.0649 e. The molecule has 0 bridgehead atoms. The number of nitrogens with one attached hydrogen (secondary N) is 1. The first-order valence-electron chi connectivity index (χ1n) is 8.80. The summed E-state index contributed by atoms with van der Waals surface area (Å²) in [6.45, 7) is 2.26. The van der Waals surface area contributed by atoms with Gasteiger partial charge in [-0.25, -0.2) is 4.68 Å². The molecule has 0 aliphatic carbocycles. The van der Waals surface area contributed by atoms with E-state index in [4.69, 9.17) is 5.10 Å². The summed E-state index contributed by atoms with van der Waals surface area (Å²) in [5, 5.41) is 8.19. The quantitative estimate of drug-likeness (QED) is 0.786. The van der Waals surface area contributed by atoms with E-state index in [1.54, 1.807) is 0 Å². The minimum atomic E-state index is 0.730. The maximum atomic E-state index is 4.73. The third kappa shape index (κ3) is 3.13. The minimum Gasteiger partial charge on any atom is -0.317 e. The Morgan fingerprint density at radius 3 is 2.29 bits per heavy atom. The van der Waals surface area contributed by atoms with Crippen molar-refractivity contribution < 1.29 is 0 Å². The van der Waals surface area contributed by atoms with Gasteiger partial charge in [0.25, 0.3) is 0 Å². The van der Waals surface area contributed by atoms with E-state index in [1.165, 1.54) is 29.7 Å². The molecule has 0 radical (unpaired) electrons. The molecule has 0 spiro atoms. The molecule has 122 valence electrons. The largest absolute Gasteiger partial charge is 0.317 e. The van der Waals surface area contributed by atoms with Gasteiger partial charge >= 0.3 is 0 Å². The molecule has 1 saturated heterocycles. The van der Waals surface area contributed by atoms with Gasteiger partial charge < -0.3 is 5.32 Å². The summed E-state index contributed by atoms with van der Waals surface area (Å²) in [5.74, 6) is 0.730. The van der Waals surface area contributed by atoms with Crippen LogP contribution in [0.2, 0.25) is 0 Å². The molecule has 2 heterocycles. The van der Waals surface area contributed by atoms with Gasteiger partial charge in [-0.2, -0.15) is 5.10 Å². The topological polar surface area (TPSA) is 29.9 Å². The van der Waals surface area contributed by atoms with Crippen molar-refractivity contribution in [2.45, 2.75) is 19.3 Å². The van der Waals surface area contributed by atoms with Gasteiger partial charge in [-0.05, 0) is 56.0 Å². The fraction of sp³-hybridized carbons (Fsp3) is 0.286. The van der Waals surface area contributed by atoms with Gasteiger partial charge in [-0.3, -0.25) is 0 Å². The predicted molar refractivity (Wildman–Crippen MR) is 98.3 cm³/mol. The lowest BCUT2D eigenvalue weighted by Crippen LogP contribution is -2.29. The molecule has 3 heteroatoms. The summed E-state index contributed by atoms with van der Waals surface area (Å²) in [5.41, 5.74) is 4.99. The number of aromatic nitrogens is 2. The molecule has 0 atom stereocenters. The molecule has 2 aromatic carbocycles. The van der Waals surface area contributed by atoms with Crippen molar-refractivity contribution in [3.8, 4) is 16.8 Å². The van der Waals surface area contributed by atoms with Crippen LogP contribution in [0.15, 0.2) is 66.9 Å². The number of nitrogens with zero attached hydrogens (tertiary/aromatic N) is 2. The lowest BCUT2D eigenvalue weighted by atomic mass is 9.91. The highest BCUT2D eigenvalue weighted by Crippen LogP contribution is 2.29. The number of rotatable bonds is 4. The van der Waals surface area contributed by atoms with Gasteiger partial charge in [0.2, 0.25) is 0 Å². The van der Waals surface area contributed by atoms with E-state index in [1.807, 2.05) is 6.20 Å². The van der Waals surface area contributed by atoms with Crippen molar-refractivity contribution in [3.63, 3.8) is 0 Å². The van der Waals surface area contributed by atoms with E-state index in [0.717, 1.165) is 31.1 Å². The molecule has 0 unspecified atom stereocenters. The molecule has 1 fully saturated rings. The summed E-state index contributed by atoms with van der Waals surface area (Å²) < 4.78 is 2.13. The van der Waals surface area contributed by atoms with E-state index < -0.39 is 0 Å². The first-order valence-corrected chi connectivity index (χ1v) is 8.80. The molecule has 3 aromatic rings. The predicted octanol–water partition coefficient (Wildman–Crippen LogP) is 4.08. The fourth-order valence-corrected chi connectivity index (χ4v) is 3.58. The lowest BCUT2D eigenvalue weighted by Gasteiger charge is -2.23. The highest BCUT2D eigenvalue weighted by molar-refractivity contribution is 5.66. The highest BCUT2D eigenvalue weighted by atomic mass is 15.3. The standard InChI is InChI=1S/C21H23N3/c1-3-7-18(8-4-1)20-16-23-24(19-9-5-2-6-10-19)21(20)15-17-11-13-22-14-12-17/h1-10,16-17,22H,11-15H2. The smallest absolute Gasteiger partial charge is 0.0649 e. The van der Waals surface area contributed by atoms with Gasteiger partial charge in [0.05, 0.1) is 17.6 Å². The summed E-state index contributed by atoms with van der Waals surface area (Å²) in [6, 6.07) is 21.1. The van der Waals surface area contributed by atoms with Crippen LogP contribution in [0.3, 0.4) is 0 Å². The van der Waals surface area contributed by atoms with Crippen molar-refractivity contribution >= 4 is 0 Å². The van der Waals surface area contributed by atoms with E-state index in [2.05, 4.69) is 70.7 Å². The molecule has 3 nitrogen and oxygen atoms in total. The van der Waals surface area contributed by atoms with Crippen LogP contribution in [-0.2, 0) is 6.42 Å². The van der Waals surface area contributed by atoms with Crippen molar-refractivity contribution in [2.75, 3.05) is 13.1 Å². The van der Waals surface area contributed by atoms with Crippen molar-refractivity contribution in [1.29, 1.82) is 0 Å². The average molecular weight is 317 g/mol. The number of benzene rings is 2. The Labute approximate surface area is 143 Å². The van der Waals surface area contributed by atoms with Gasteiger partial charge in [0, 0.05) is 5.56 Å². The molecule has 1 N–H and O–H groups in total. The molecule has 1 aliphatic rings. The zero-order valence-corrected chi connectivity index (χ0v) is 13.9. The second-order valence-corrected chi connectivity index (χ2v) is 6.52. The van der Waals surface area contributed by atoms with E-state index in [-0.39, 0.29) is 0 Å². The molecular formula is C21H23N3. The SMILES string of the molecule is c1ccc(-c2cnn(-c3ccccc3)c2CC2CCNCC2)cc1. The van der Waals surface area contributed by atoms with Crippen LogP contribution < -0.4 is 5.32 Å². The Balaban J connectivity index is 1.75. The monoisotopic (exact) mass is 317 g/mol. The second-order valence-electron chi connectivity index (χ2n) is 6.52. The fourth-order valence-electron chi connectivity index (χ4n) is 3.58. The normalized spacial score (nSPS) is 15.5. The highest BCUT2D eigenvalue weighted by Gasteiger charge is 2.20. The third-order valence-electron chi connectivity index (χ3n) is 4.90. The Kier molecular flexibility index (Phi) is 4.43. The van der Waals surface area contributed by atoms with Gasteiger partial charge in [0.1, 0.15) is 0 Å². The average Bonchev–Trinajstić information content (AvgIpc) is 3.07. The van der Waals surface area contributed by atoms with Gasteiger partial charge in [-0.15, -0.1) is 0 Å². The third-order valence-corrected chi connectivity index (χ3v) is 4.90. The molecule has 24 heavy (non-hydrogen) atoms. The first kappa shape index (κ1) is 15.2. The summed E-state index contributed by atoms with van der Waals surface area (Å²) in [6.07, 6.45) is 5.60. The van der Waals surface area contributed by atoms with Crippen molar-refractivity contribution in [1.82, 2.24) is 15.1 Å². The van der Waals surface area contributed by atoms with Crippen molar-refractivity contribution in [2.24, 2.45) is 5.92 Å². The maximum absolute atomic E-state index is 4.73. The molecule has 1 aliphatic heterocycles. The van der Waals surface area contributed by atoms with E-state index >= 15 is 0 Å². The summed E-state index contributed by atoms with van der Waals surface area (Å²) >= 11 is 0. The van der Waals surface area contributed by atoms with Crippen LogP contribution >= 0.6 is 0 Å². The number of hydrogen-bond acceptors (Lipinski definition) is 2. The Morgan fingerprint density at radius 2 is 1.58 bits per heavy atom. The molecule has 0 amide bonds. The number of piperidine rings is 1.